The van der Waals surface area contributed by atoms with E-state index in [4.69, 9.17) is 11.5 Å². The zero-order valence-corrected chi connectivity index (χ0v) is 12.0. The average Bonchev–Trinajstić information content (AvgIpc) is 2.47. The Kier molecular flexibility index (Phi) is 4.42. The van der Waals surface area contributed by atoms with Gasteiger partial charge in [-0.2, -0.15) is 4.31 Å². The highest BCUT2D eigenvalue weighted by Gasteiger charge is 2.32. The van der Waals surface area contributed by atoms with E-state index in [0.29, 0.717) is 31.5 Å². The molecule has 1 amide bonds. The predicted molar refractivity (Wildman–Crippen MR) is 75.0 cm³/mol. The fraction of sp³-hybridized carbons (Fsp3) is 0.462. The van der Waals surface area contributed by atoms with Gasteiger partial charge in [-0.15, -0.1) is 0 Å². The fourth-order valence-corrected chi connectivity index (χ4v) is 4.15. The number of rotatable bonds is 4. The van der Waals surface area contributed by atoms with Gasteiger partial charge in [0.15, 0.2) is 0 Å². The van der Waals surface area contributed by atoms with Crippen molar-refractivity contribution in [1.29, 1.82) is 0 Å². The second-order valence-electron chi connectivity index (χ2n) is 4.89. The number of hydrogen-bond acceptors (Lipinski definition) is 4. The molecule has 0 atom stereocenters. The number of carbonyl (C=O) groups excluding carboxylic acids is 1. The summed E-state index contributed by atoms with van der Waals surface area (Å²) in [5.74, 6) is -0.587. The highest BCUT2D eigenvalue weighted by molar-refractivity contribution is 7.89. The smallest absolute Gasteiger partial charge is 0.243 e. The molecule has 0 saturated carbocycles. The molecule has 6 nitrogen and oxygen atoms in total. The van der Waals surface area contributed by atoms with Crippen LogP contribution in [0, 0.1) is 5.92 Å². The number of nitrogens with zero attached hydrogens (tertiary/aromatic N) is 1. The Hall–Kier alpha value is -1.44. The van der Waals surface area contributed by atoms with Gasteiger partial charge in [-0.1, -0.05) is 18.2 Å². The van der Waals surface area contributed by atoms with Crippen molar-refractivity contribution in [2.75, 3.05) is 13.1 Å². The quantitative estimate of drug-likeness (QED) is 0.817. The first-order chi connectivity index (χ1) is 9.46. The summed E-state index contributed by atoms with van der Waals surface area (Å²) in [6.45, 7) is 0.802. The number of hydrogen-bond donors (Lipinski definition) is 2. The zero-order chi connectivity index (χ0) is 14.8. The third kappa shape index (κ3) is 2.84. The summed E-state index contributed by atoms with van der Waals surface area (Å²) >= 11 is 0. The van der Waals surface area contributed by atoms with Crippen LogP contribution in [0.3, 0.4) is 0 Å². The average molecular weight is 297 g/mol. The van der Waals surface area contributed by atoms with Crippen molar-refractivity contribution >= 4 is 15.9 Å². The maximum absolute atomic E-state index is 12.6. The normalized spacial score (nSPS) is 18.1. The first kappa shape index (κ1) is 15.0. The summed E-state index contributed by atoms with van der Waals surface area (Å²) in [6.07, 6.45) is 0.943. The highest BCUT2D eigenvalue weighted by Crippen LogP contribution is 2.25. The van der Waals surface area contributed by atoms with E-state index < -0.39 is 10.0 Å². The number of amides is 1. The molecule has 1 aromatic carbocycles. The molecule has 0 aliphatic carbocycles. The number of sulfonamides is 1. The van der Waals surface area contributed by atoms with E-state index >= 15 is 0 Å². The first-order valence-electron chi connectivity index (χ1n) is 6.54. The van der Waals surface area contributed by atoms with Gasteiger partial charge in [0.1, 0.15) is 0 Å². The van der Waals surface area contributed by atoms with Crippen LogP contribution in [0.5, 0.6) is 0 Å². The summed E-state index contributed by atoms with van der Waals surface area (Å²) < 4.78 is 26.6. The standard InChI is InChI=1S/C13H19N3O3S/c14-9-11-3-1-2-4-12(11)20(18,19)16-7-5-10(6-8-16)13(15)17/h1-4,10H,5-9,14H2,(H2,15,17). The second kappa shape index (κ2) is 5.90. The highest BCUT2D eigenvalue weighted by atomic mass is 32.2. The van der Waals surface area contributed by atoms with E-state index in [1.807, 2.05) is 0 Å². The summed E-state index contributed by atoms with van der Waals surface area (Å²) in [5.41, 5.74) is 11.5. The van der Waals surface area contributed by atoms with Crippen molar-refractivity contribution in [3.05, 3.63) is 29.8 Å². The molecule has 110 valence electrons. The van der Waals surface area contributed by atoms with Crippen molar-refractivity contribution in [1.82, 2.24) is 4.31 Å². The molecule has 0 unspecified atom stereocenters. The Balaban J connectivity index is 2.22. The number of benzene rings is 1. The Labute approximate surface area is 118 Å². The minimum absolute atomic E-state index is 0.174. The van der Waals surface area contributed by atoms with Crippen molar-refractivity contribution in [2.45, 2.75) is 24.3 Å². The summed E-state index contributed by atoms with van der Waals surface area (Å²) in [6, 6.07) is 6.73. The lowest BCUT2D eigenvalue weighted by Gasteiger charge is -2.30. The molecule has 1 aliphatic heterocycles. The van der Waals surface area contributed by atoms with Crippen molar-refractivity contribution < 1.29 is 13.2 Å². The van der Waals surface area contributed by atoms with Crippen molar-refractivity contribution in [3.63, 3.8) is 0 Å². The predicted octanol–water partition coefficient (Wildman–Crippen LogP) is 0.0313. The van der Waals surface area contributed by atoms with Gasteiger partial charge in [-0.3, -0.25) is 4.79 Å². The van der Waals surface area contributed by atoms with E-state index in [1.165, 1.54) is 4.31 Å². The molecule has 2 rings (SSSR count). The molecule has 0 radical (unpaired) electrons. The van der Waals surface area contributed by atoms with Crippen LogP contribution in [0.2, 0.25) is 0 Å². The third-order valence-corrected chi connectivity index (χ3v) is 5.67. The van der Waals surface area contributed by atoms with Crippen LogP contribution in [0.25, 0.3) is 0 Å². The topological polar surface area (TPSA) is 106 Å². The number of carbonyl (C=O) groups is 1. The molecular formula is C13H19N3O3S. The van der Waals surface area contributed by atoms with Gasteiger partial charge in [-0.25, -0.2) is 8.42 Å². The fourth-order valence-electron chi connectivity index (χ4n) is 2.44. The van der Waals surface area contributed by atoms with E-state index in [9.17, 15) is 13.2 Å². The van der Waals surface area contributed by atoms with Gasteiger partial charge in [0, 0.05) is 25.6 Å². The lowest BCUT2D eigenvalue weighted by atomic mass is 9.98. The van der Waals surface area contributed by atoms with Crippen molar-refractivity contribution in [3.8, 4) is 0 Å². The Bertz CT molecular complexity index is 593. The molecule has 0 aromatic heterocycles. The van der Waals surface area contributed by atoms with Crippen LogP contribution in [0.4, 0.5) is 0 Å². The molecule has 20 heavy (non-hydrogen) atoms. The Morgan fingerprint density at radius 1 is 1.25 bits per heavy atom. The maximum Gasteiger partial charge on any atom is 0.243 e. The van der Waals surface area contributed by atoms with Crippen LogP contribution >= 0.6 is 0 Å². The lowest BCUT2D eigenvalue weighted by molar-refractivity contribution is -0.122. The second-order valence-corrected chi connectivity index (χ2v) is 6.80. The molecule has 1 aromatic rings. The van der Waals surface area contributed by atoms with Gasteiger partial charge in [0.25, 0.3) is 0 Å². The van der Waals surface area contributed by atoms with Gasteiger partial charge >= 0.3 is 0 Å². The molecule has 4 N–H and O–H groups in total. The lowest BCUT2D eigenvalue weighted by Crippen LogP contribution is -2.41. The number of nitrogens with two attached hydrogens (primary N) is 2. The van der Waals surface area contributed by atoms with E-state index in [1.54, 1.807) is 24.3 Å². The minimum atomic E-state index is -3.55. The Morgan fingerprint density at radius 3 is 2.40 bits per heavy atom. The summed E-state index contributed by atoms with van der Waals surface area (Å²) in [7, 11) is -3.55. The molecule has 0 bridgehead atoms. The molecule has 7 heteroatoms. The van der Waals surface area contributed by atoms with Gasteiger partial charge in [0.05, 0.1) is 4.90 Å². The minimum Gasteiger partial charge on any atom is -0.369 e. The van der Waals surface area contributed by atoms with E-state index in [0.717, 1.165) is 0 Å². The molecule has 0 spiro atoms. The largest absolute Gasteiger partial charge is 0.369 e. The van der Waals surface area contributed by atoms with E-state index in [-0.39, 0.29) is 23.3 Å². The Morgan fingerprint density at radius 2 is 1.85 bits per heavy atom. The molecule has 1 saturated heterocycles. The van der Waals surface area contributed by atoms with Crippen LogP contribution in [-0.4, -0.2) is 31.7 Å². The van der Waals surface area contributed by atoms with Gasteiger partial charge < -0.3 is 11.5 Å². The molecule has 1 heterocycles. The summed E-state index contributed by atoms with van der Waals surface area (Å²) in [4.78, 5) is 11.4. The van der Waals surface area contributed by atoms with Crippen LogP contribution < -0.4 is 11.5 Å². The first-order valence-corrected chi connectivity index (χ1v) is 7.98. The van der Waals surface area contributed by atoms with Crippen molar-refractivity contribution in [2.24, 2.45) is 17.4 Å². The molecular weight excluding hydrogens is 278 g/mol. The molecule has 1 fully saturated rings. The SMILES string of the molecule is NCc1ccccc1S(=O)(=O)N1CCC(C(N)=O)CC1. The van der Waals surface area contributed by atoms with Gasteiger partial charge in [-0.05, 0) is 24.5 Å². The van der Waals surface area contributed by atoms with Crippen LogP contribution in [-0.2, 0) is 21.4 Å². The van der Waals surface area contributed by atoms with E-state index in [2.05, 4.69) is 0 Å². The monoisotopic (exact) mass is 297 g/mol. The van der Waals surface area contributed by atoms with Crippen LogP contribution in [0.15, 0.2) is 29.2 Å². The van der Waals surface area contributed by atoms with Crippen LogP contribution in [0.1, 0.15) is 18.4 Å². The zero-order valence-electron chi connectivity index (χ0n) is 11.2. The number of primary amides is 1. The third-order valence-electron chi connectivity index (χ3n) is 3.67. The maximum atomic E-state index is 12.6. The summed E-state index contributed by atoms with van der Waals surface area (Å²) in [5, 5.41) is 0. The van der Waals surface area contributed by atoms with Gasteiger partial charge in [0.2, 0.25) is 15.9 Å². The molecule has 1 aliphatic rings. The number of piperidine rings is 1.